The summed E-state index contributed by atoms with van der Waals surface area (Å²) in [5.74, 6) is -0.822. The summed E-state index contributed by atoms with van der Waals surface area (Å²) in [6, 6.07) is 5.71. The van der Waals surface area contributed by atoms with Gasteiger partial charge in [0.05, 0.1) is 12.6 Å². The van der Waals surface area contributed by atoms with Gasteiger partial charge in [-0.2, -0.15) is 0 Å². The van der Waals surface area contributed by atoms with Crippen LogP contribution in [0.15, 0.2) is 24.3 Å². The quantitative estimate of drug-likeness (QED) is 0.832. The van der Waals surface area contributed by atoms with E-state index in [9.17, 15) is 14.0 Å². The number of hydrogen-bond donors (Lipinski definition) is 1. The zero-order valence-corrected chi connectivity index (χ0v) is 12.0. The summed E-state index contributed by atoms with van der Waals surface area (Å²) in [6.07, 6.45) is 0. The molecule has 4 nitrogen and oxygen atoms in total. The molecular weight excluding hydrogens is 261 g/mol. The molecule has 1 unspecified atom stereocenters. The van der Waals surface area contributed by atoms with E-state index in [4.69, 9.17) is 4.74 Å². The molecule has 1 aromatic rings. The Hall–Kier alpha value is -1.75. The molecule has 1 atom stereocenters. The van der Waals surface area contributed by atoms with Gasteiger partial charge in [-0.15, -0.1) is 0 Å². The molecule has 0 aliphatic heterocycles. The predicted octanol–water partition coefficient (Wildman–Crippen LogP) is 2.07. The van der Waals surface area contributed by atoms with Crippen LogP contribution in [0.25, 0.3) is 0 Å². The van der Waals surface area contributed by atoms with Crippen molar-refractivity contribution in [3.05, 3.63) is 35.6 Å². The number of benzene rings is 1. The first kappa shape index (κ1) is 16.3. The molecule has 0 saturated carbocycles. The van der Waals surface area contributed by atoms with Crippen LogP contribution in [0.1, 0.15) is 26.3 Å². The maximum absolute atomic E-state index is 13.3. The summed E-state index contributed by atoms with van der Waals surface area (Å²) in [5, 5.41) is 2.61. The van der Waals surface area contributed by atoms with E-state index in [2.05, 4.69) is 5.32 Å². The number of ether oxygens (including phenoxy) is 1. The zero-order chi connectivity index (χ0) is 15.1. The Morgan fingerprint density at radius 1 is 1.30 bits per heavy atom. The van der Waals surface area contributed by atoms with Crippen LogP contribution in [0.4, 0.5) is 4.39 Å². The Morgan fingerprint density at radius 2 is 1.95 bits per heavy atom. The molecule has 1 aromatic carbocycles. The summed E-state index contributed by atoms with van der Waals surface area (Å²) in [5.41, 5.74) is 0.396. The fourth-order valence-corrected chi connectivity index (χ4v) is 1.82. The van der Waals surface area contributed by atoms with Gasteiger partial charge in [-0.05, 0) is 18.9 Å². The molecule has 0 heterocycles. The van der Waals surface area contributed by atoms with Crippen LogP contribution >= 0.6 is 0 Å². The zero-order valence-electron chi connectivity index (χ0n) is 12.0. The van der Waals surface area contributed by atoms with Gasteiger partial charge in [-0.3, -0.25) is 9.59 Å². The van der Waals surface area contributed by atoms with Crippen molar-refractivity contribution in [3.63, 3.8) is 0 Å². The highest BCUT2D eigenvalue weighted by atomic mass is 19.1. The van der Waals surface area contributed by atoms with E-state index < -0.39 is 6.04 Å². The number of hydrogen-bond acceptors (Lipinski definition) is 3. The van der Waals surface area contributed by atoms with Gasteiger partial charge in [0.2, 0.25) is 5.91 Å². The summed E-state index contributed by atoms with van der Waals surface area (Å²) >= 11 is 0. The normalized spacial score (nSPS) is 12.2. The molecule has 0 bridgehead atoms. The minimum absolute atomic E-state index is 0.0167. The molecule has 0 aliphatic rings. The van der Waals surface area contributed by atoms with Crippen molar-refractivity contribution in [2.24, 2.45) is 5.92 Å². The number of ketones is 1. The lowest BCUT2D eigenvalue weighted by Crippen LogP contribution is -2.44. The van der Waals surface area contributed by atoms with E-state index in [1.165, 1.54) is 13.0 Å². The molecule has 0 saturated heterocycles. The monoisotopic (exact) mass is 281 g/mol. The third kappa shape index (κ3) is 5.09. The summed E-state index contributed by atoms with van der Waals surface area (Å²) < 4.78 is 18.5. The highest BCUT2D eigenvalue weighted by Gasteiger charge is 2.20. The van der Waals surface area contributed by atoms with Crippen LogP contribution in [0.5, 0.6) is 0 Å². The number of carbonyl (C=O) groups is 2. The van der Waals surface area contributed by atoms with Gasteiger partial charge >= 0.3 is 0 Å². The van der Waals surface area contributed by atoms with Crippen molar-refractivity contribution in [2.75, 3.05) is 6.61 Å². The largest absolute Gasteiger partial charge is 0.367 e. The summed E-state index contributed by atoms with van der Waals surface area (Å²) in [4.78, 5) is 23.0. The average Bonchev–Trinajstić information content (AvgIpc) is 2.37. The molecule has 0 fully saturated rings. The lowest BCUT2D eigenvalue weighted by molar-refractivity contribution is -0.131. The number of nitrogens with one attached hydrogen (secondary N) is 1. The molecular formula is C15H20FNO3. The van der Waals surface area contributed by atoms with Crippen LogP contribution in [0.2, 0.25) is 0 Å². The highest BCUT2D eigenvalue weighted by molar-refractivity contribution is 5.88. The lowest BCUT2D eigenvalue weighted by atomic mass is 10.0. The van der Waals surface area contributed by atoms with E-state index in [-0.39, 0.29) is 36.6 Å². The molecule has 110 valence electrons. The van der Waals surface area contributed by atoms with Crippen molar-refractivity contribution in [2.45, 2.75) is 33.4 Å². The second kappa shape index (κ2) is 7.75. The molecule has 5 heteroatoms. The number of rotatable bonds is 7. The maximum atomic E-state index is 13.3. The molecule has 0 spiro atoms. The van der Waals surface area contributed by atoms with Gasteiger partial charge < -0.3 is 10.1 Å². The van der Waals surface area contributed by atoms with E-state index in [1.807, 2.05) is 13.8 Å². The van der Waals surface area contributed by atoms with Crippen molar-refractivity contribution < 1.29 is 18.7 Å². The lowest BCUT2D eigenvalue weighted by Gasteiger charge is -2.19. The summed E-state index contributed by atoms with van der Waals surface area (Å²) in [7, 11) is 0. The molecule has 1 N–H and O–H groups in total. The first-order valence-corrected chi connectivity index (χ1v) is 6.52. The first-order chi connectivity index (χ1) is 9.41. The van der Waals surface area contributed by atoms with Crippen molar-refractivity contribution in [1.29, 1.82) is 0 Å². The Bertz CT molecular complexity index is 474. The molecule has 0 aliphatic carbocycles. The first-order valence-electron chi connectivity index (χ1n) is 6.52. The van der Waals surface area contributed by atoms with E-state index in [0.717, 1.165) is 0 Å². The minimum Gasteiger partial charge on any atom is -0.367 e. The number of Topliss-reactive ketones (excluding diaryl/α,β-unsaturated/α-hetero) is 1. The van der Waals surface area contributed by atoms with Gasteiger partial charge in [0.15, 0.2) is 5.78 Å². The van der Waals surface area contributed by atoms with Gasteiger partial charge in [0.1, 0.15) is 12.4 Å². The van der Waals surface area contributed by atoms with E-state index >= 15 is 0 Å². The highest BCUT2D eigenvalue weighted by Crippen LogP contribution is 2.07. The van der Waals surface area contributed by atoms with Crippen molar-refractivity contribution in [3.8, 4) is 0 Å². The smallest absolute Gasteiger partial charge is 0.246 e. The number of halogens is 1. The topological polar surface area (TPSA) is 55.4 Å². The van der Waals surface area contributed by atoms with E-state index in [0.29, 0.717) is 5.56 Å². The van der Waals surface area contributed by atoms with Crippen LogP contribution in [-0.4, -0.2) is 24.3 Å². The van der Waals surface area contributed by atoms with Crippen molar-refractivity contribution in [1.82, 2.24) is 5.32 Å². The standard InChI is InChI=1S/C15H20FNO3/c1-10(2)15(11(3)18)17-14(19)9-20-8-12-6-4-5-7-13(12)16/h4-7,10,15H,8-9H2,1-3H3,(H,17,19). The Morgan fingerprint density at radius 3 is 2.50 bits per heavy atom. The second-order valence-corrected chi connectivity index (χ2v) is 4.98. The second-order valence-electron chi connectivity index (χ2n) is 4.98. The Labute approximate surface area is 118 Å². The van der Waals surface area contributed by atoms with E-state index in [1.54, 1.807) is 18.2 Å². The van der Waals surface area contributed by atoms with Gasteiger partial charge in [0.25, 0.3) is 0 Å². The minimum atomic E-state index is -0.514. The molecule has 0 aromatic heterocycles. The Balaban J connectivity index is 2.40. The molecule has 1 amide bonds. The van der Waals surface area contributed by atoms with Crippen LogP contribution in [0.3, 0.4) is 0 Å². The van der Waals surface area contributed by atoms with Crippen LogP contribution in [-0.2, 0) is 20.9 Å². The molecule has 0 radical (unpaired) electrons. The molecule has 20 heavy (non-hydrogen) atoms. The predicted molar refractivity (Wildman–Crippen MR) is 73.5 cm³/mol. The van der Waals surface area contributed by atoms with Gasteiger partial charge in [-0.1, -0.05) is 32.0 Å². The fraction of sp³-hybridized carbons (Fsp3) is 0.467. The number of carbonyl (C=O) groups excluding carboxylic acids is 2. The average molecular weight is 281 g/mol. The third-order valence-electron chi connectivity index (χ3n) is 2.87. The Kier molecular flexibility index (Phi) is 6.31. The SMILES string of the molecule is CC(=O)C(NC(=O)COCc1ccccc1F)C(C)C. The van der Waals surface area contributed by atoms with Gasteiger partial charge in [-0.25, -0.2) is 4.39 Å². The molecule has 1 rings (SSSR count). The summed E-state index contributed by atoms with van der Waals surface area (Å²) in [6.45, 7) is 4.96. The fourth-order valence-electron chi connectivity index (χ4n) is 1.82. The van der Waals surface area contributed by atoms with Gasteiger partial charge in [0, 0.05) is 5.56 Å². The third-order valence-corrected chi connectivity index (χ3v) is 2.87. The van der Waals surface area contributed by atoms with Crippen molar-refractivity contribution >= 4 is 11.7 Å². The van der Waals surface area contributed by atoms with Crippen LogP contribution < -0.4 is 5.32 Å². The van der Waals surface area contributed by atoms with Crippen LogP contribution in [0, 0.1) is 11.7 Å². The maximum Gasteiger partial charge on any atom is 0.246 e. The number of amides is 1.